The summed E-state index contributed by atoms with van der Waals surface area (Å²) in [6.07, 6.45) is 7.61. The number of rotatable bonds is 2. The number of hydrogen-bond donors (Lipinski definition) is 0. The molecular weight excluding hydrogens is 290 g/mol. The maximum absolute atomic E-state index is 12.5. The lowest BCUT2D eigenvalue weighted by Gasteiger charge is -2.21. The molecule has 1 fully saturated rings. The number of pyridine rings is 1. The predicted molar refractivity (Wildman–Crippen MR) is 89.9 cm³/mol. The van der Waals surface area contributed by atoms with Crippen molar-refractivity contribution in [2.45, 2.75) is 27.2 Å². The molecule has 0 unspecified atom stereocenters. The molecule has 5 heteroatoms. The number of nitrogens with zero attached hydrogens (tertiary/aromatic N) is 3. The largest absolute Gasteiger partial charge is 0.337 e. The Balaban J connectivity index is 1.96. The molecule has 1 aromatic heterocycles. The van der Waals surface area contributed by atoms with Gasteiger partial charge in [0.2, 0.25) is 5.91 Å². The molecule has 1 aliphatic rings. The van der Waals surface area contributed by atoms with Gasteiger partial charge in [-0.25, -0.2) is 0 Å². The van der Waals surface area contributed by atoms with Crippen LogP contribution in [-0.4, -0.2) is 52.8 Å². The fourth-order valence-electron chi connectivity index (χ4n) is 2.44. The molecule has 0 atom stereocenters. The van der Waals surface area contributed by atoms with E-state index in [2.05, 4.69) is 25.8 Å². The molecule has 0 bridgehead atoms. The van der Waals surface area contributed by atoms with Crippen LogP contribution in [0.3, 0.4) is 0 Å². The maximum Gasteiger partial charge on any atom is 0.255 e. The molecule has 2 amide bonds. The van der Waals surface area contributed by atoms with E-state index in [4.69, 9.17) is 0 Å². The minimum absolute atomic E-state index is 0.0101. The second kappa shape index (κ2) is 7.40. The van der Waals surface area contributed by atoms with Gasteiger partial charge in [-0.3, -0.25) is 14.6 Å². The van der Waals surface area contributed by atoms with Crippen LogP contribution in [0.15, 0.2) is 36.7 Å². The summed E-state index contributed by atoms with van der Waals surface area (Å²) in [6, 6.07) is 3.54. The van der Waals surface area contributed by atoms with Crippen LogP contribution in [0.25, 0.3) is 0 Å². The zero-order valence-corrected chi connectivity index (χ0v) is 14.2. The smallest absolute Gasteiger partial charge is 0.255 e. The lowest BCUT2D eigenvalue weighted by molar-refractivity contribution is -0.125. The van der Waals surface area contributed by atoms with E-state index in [9.17, 15) is 9.59 Å². The van der Waals surface area contributed by atoms with Crippen molar-refractivity contribution in [1.82, 2.24) is 14.8 Å². The van der Waals surface area contributed by atoms with Crippen molar-refractivity contribution in [3.63, 3.8) is 0 Å². The highest BCUT2D eigenvalue weighted by Crippen LogP contribution is 2.15. The Morgan fingerprint density at radius 1 is 1.13 bits per heavy atom. The second-order valence-corrected chi connectivity index (χ2v) is 6.91. The van der Waals surface area contributed by atoms with E-state index >= 15 is 0 Å². The first kappa shape index (κ1) is 17.2. The summed E-state index contributed by atoms with van der Waals surface area (Å²) >= 11 is 0. The van der Waals surface area contributed by atoms with Gasteiger partial charge in [0.1, 0.15) is 0 Å². The van der Waals surface area contributed by atoms with E-state index in [1.807, 2.05) is 11.0 Å². The third-order valence-corrected chi connectivity index (χ3v) is 3.73. The van der Waals surface area contributed by atoms with Crippen molar-refractivity contribution in [3.8, 4) is 0 Å². The predicted octanol–water partition coefficient (Wildman–Crippen LogP) is 2.36. The molecule has 0 aromatic carbocycles. The van der Waals surface area contributed by atoms with Crippen LogP contribution in [0.1, 0.15) is 37.6 Å². The lowest BCUT2D eigenvalue weighted by atomic mass is 9.96. The Bertz CT molecular complexity index is 576. The van der Waals surface area contributed by atoms with Crippen LogP contribution >= 0.6 is 0 Å². The Labute approximate surface area is 138 Å². The summed E-state index contributed by atoms with van der Waals surface area (Å²) in [5, 5.41) is 0. The van der Waals surface area contributed by atoms with Crippen LogP contribution in [-0.2, 0) is 4.79 Å². The first-order valence-electron chi connectivity index (χ1n) is 8.04. The summed E-state index contributed by atoms with van der Waals surface area (Å²) in [5.74, 6) is 0.00762. The molecule has 23 heavy (non-hydrogen) atoms. The van der Waals surface area contributed by atoms with Gasteiger partial charge in [0.15, 0.2) is 0 Å². The van der Waals surface area contributed by atoms with Gasteiger partial charge in [0.05, 0.1) is 5.56 Å². The first-order valence-corrected chi connectivity index (χ1v) is 8.04. The zero-order valence-electron chi connectivity index (χ0n) is 14.2. The molecule has 1 saturated heterocycles. The Morgan fingerprint density at radius 3 is 2.48 bits per heavy atom. The van der Waals surface area contributed by atoms with Gasteiger partial charge < -0.3 is 9.80 Å². The molecule has 0 radical (unpaired) electrons. The number of hydrogen-bond acceptors (Lipinski definition) is 3. The van der Waals surface area contributed by atoms with Crippen molar-refractivity contribution in [2.24, 2.45) is 5.41 Å². The number of amides is 2. The van der Waals surface area contributed by atoms with Gasteiger partial charge >= 0.3 is 0 Å². The van der Waals surface area contributed by atoms with E-state index < -0.39 is 0 Å². The standard InChI is InChI=1S/C18H25N3O2/c1-18(2,3)8-7-16(22)20-10-5-11-21(13-12-20)17(23)15-6-4-9-19-14-15/h4,6-9,14H,5,10-13H2,1-3H3/b8-7+. The highest BCUT2D eigenvalue weighted by molar-refractivity contribution is 5.94. The molecule has 5 nitrogen and oxygen atoms in total. The molecule has 1 aromatic rings. The quantitative estimate of drug-likeness (QED) is 0.787. The van der Waals surface area contributed by atoms with Gasteiger partial charge in [0.25, 0.3) is 5.91 Å². The average molecular weight is 315 g/mol. The summed E-state index contributed by atoms with van der Waals surface area (Å²) in [5.41, 5.74) is 0.587. The molecule has 124 valence electrons. The first-order chi connectivity index (χ1) is 10.9. The van der Waals surface area contributed by atoms with Gasteiger partial charge in [-0.15, -0.1) is 0 Å². The van der Waals surface area contributed by atoms with Gasteiger partial charge in [-0.2, -0.15) is 0 Å². The SMILES string of the molecule is CC(C)(C)/C=C/C(=O)N1CCCN(C(=O)c2cccnc2)CC1. The third kappa shape index (κ3) is 5.20. The summed E-state index contributed by atoms with van der Waals surface area (Å²) in [6.45, 7) is 8.67. The highest BCUT2D eigenvalue weighted by atomic mass is 16.2. The Kier molecular flexibility index (Phi) is 5.53. The second-order valence-electron chi connectivity index (χ2n) is 6.91. The molecule has 0 N–H and O–H groups in total. The average Bonchev–Trinajstić information content (AvgIpc) is 2.78. The van der Waals surface area contributed by atoms with E-state index in [0.717, 1.165) is 6.42 Å². The molecule has 2 rings (SSSR count). The molecule has 0 aliphatic carbocycles. The number of aromatic nitrogens is 1. The monoisotopic (exact) mass is 315 g/mol. The number of allylic oxidation sites excluding steroid dienone is 1. The molecule has 2 heterocycles. The van der Waals surface area contributed by atoms with Crippen molar-refractivity contribution in [3.05, 3.63) is 42.2 Å². The minimum atomic E-state index is -0.0161. The van der Waals surface area contributed by atoms with E-state index in [1.54, 1.807) is 35.5 Å². The van der Waals surface area contributed by atoms with Crippen LogP contribution in [0.2, 0.25) is 0 Å². The minimum Gasteiger partial charge on any atom is -0.337 e. The van der Waals surface area contributed by atoms with E-state index in [0.29, 0.717) is 31.7 Å². The Hall–Kier alpha value is -2.17. The molecule has 0 spiro atoms. The zero-order chi connectivity index (χ0) is 16.9. The third-order valence-electron chi connectivity index (χ3n) is 3.73. The van der Waals surface area contributed by atoms with Gasteiger partial charge in [-0.1, -0.05) is 26.8 Å². The fourth-order valence-corrected chi connectivity index (χ4v) is 2.44. The van der Waals surface area contributed by atoms with E-state index in [1.165, 1.54) is 0 Å². The summed E-state index contributed by atoms with van der Waals surface area (Å²) < 4.78 is 0. The van der Waals surface area contributed by atoms with Crippen molar-refractivity contribution in [1.29, 1.82) is 0 Å². The molecular formula is C18H25N3O2. The van der Waals surface area contributed by atoms with E-state index in [-0.39, 0.29) is 17.2 Å². The van der Waals surface area contributed by atoms with Crippen LogP contribution in [0.5, 0.6) is 0 Å². The number of carbonyl (C=O) groups excluding carboxylic acids is 2. The number of carbonyl (C=O) groups is 2. The van der Waals surface area contributed by atoms with Gasteiger partial charge in [0, 0.05) is 38.6 Å². The van der Waals surface area contributed by atoms with Crippen LogP contribution in [0, 0.1) is 5.41 Å². The van der Waals surface area contributed by atoms with Crippen molar-refractivity contribution >= 4 is 11.8 Å². The molecule has 0 saturated carbocycles. The highest BCUT2D eigenvalue weighted by Gasteiger charge is 2.22. The van der Waals surface area contributed by atoms with Gasteiger partial charge in [-0.05, 0) is 30.0 Å². The van der Waals surface area contributed by atoms with Crippen LogP contribution in [0.4, 0.5) is 0 Å². The van der Waals surface area contributed by atoms with Crippen molar-refractivity contribution < 1.29 is 9.59 Å². The van der Waals surface area contributed by atoms with Crippen molar-refractivity contribution in [2.75, 3.05) is 26.2 Å². The topological polar surface area (TPSA) is 53.5 Å². The fraction of sp³-hybridized carbons (Fsp3) is 0.500. The van der Waals surface area contributed by atoms with Crippen LogP contribution < -0.4 is 0 Å². The summed E-state index contributed by atoms with van der Waals surface area (Å²) in [7, 11) is 0. The summed E-state index contributed by atoms with van der Waals surface area (Å²) in [4.78, 5) is 32.3. The lowest BCUT2D eigenvalue weighted by Crippen LogP contribution is -2.36. The molecule has 1 aliphatic heterocycles. The Morgan fingerprint density at radius 2 is 1.83 bits per heavy atom. The maximum atomic E-state index is 12.5. The normalized spacial score (nSPS) is 16.5.